The number of Topliss-reactive ketones (excluding diaryl/α,β-unsaturated/α-hetero) is 1. The molecule has 1 aromatic carbocycles. The predicted octanol–water partition coefficient (Wildman–Crippen LogP) is 4.33. The third-order valence-corrected chi connectivity index (χ3v) is 6.25. The quantitative estimate of drug-likeness (QED) is 0.596. The fraction of sp³-hybridized carbons (Fsp3) is 0.438. The third-order valence-electron chi connectivity index (χ3n) is 3.03. The molecule has 0 heterocycles. The Hall–Kier alpha value is -0.936. The van der Waals surface area contributed by atoms with Crippen LogP contribution >= 0.6 is 0 Å². The molecule has 19 heavy (non-hydrogen) atoms. The van der Waals surface area contributed by atoms with Crippen molar-refractivity contribution in [2.24, 2.45) is 0 Å². The van der Waals surface area contributed by atoms with E-state index in [1.165, 1.54) is 10.8 Å². The van der Waals surface area contributed by atoms with Gasteiger partial charge in [-0.05, 0) is 12.5 Å². The summed E-state index contributed by atoms with van der Waals surface area (Å²) in [4.78, 5) is 11.6. The minimum atomic E-state index is -1.44. The zero-order valence-electron chi connectivity index (χ0n) is 13.3. The molecule has 0 fully saturated rings. The second-order valence-electron chi connectivity index (χ2n) is 7.31. The van der Waals surface area contributed by atoms with Crippen molar-refractivity contribution in [2.45, 2.75) is 46.2 Å². The van der Waals surface area contributed by atoms with Crippen molar-refractivity contribution in [2.75, 3.05) is 0 Å². The van der Waals surface area contributed by atoms with Crippen molar-refractivity contribution in [3.05, 3.63) is 35.0 Å². The Balaban J connectivity index is 3.33. The van der Waals surface area contributed by atoms with Crippen molar-refractivity contribution in [3.63, 3.8) is 0 Å². The van der Waals surface area contributed by atoms with Crippen LogP contribution in [-0.4, -0.2) is 21.9 Å². The van der Waals surface area contributed by atoms with Crippen molar-refractivity contribution in [3.8, 4) is 0 Å². The minimum Gasteiger partial charge on any atom is -0.295 e. The number of rotatable bonds is 4. The monoisotopic (exact) mass is 290 g/mol. The van der Waals surface area contributed by atoms with Gasteiger partial charge in [-0.1, -0.05) is 74.4 Å². The molecule has 0 spiro atoms. The van der Waals surface area contributed by atoms with E-state index in [0.29, 0.717) is 0 Å². The molecule has 0 N–H and O–H groups in total. The molecule has 1 aromatic rings. The molecular weight excluding hydrogens is 264 g/mol. The van der Waals surface area contributed by atoms with Crippen LogP contribution in [0.1, 0.15) is 22.8 Å². The number of carbonyl (C=O) groups excluding carboxylic acids is 1. The van der Waals surface area contributed by atoms with Crippen molar-refractivity contribution >= 4 is 33.2 Å². The summed E-state index contributed by atoms with van der Waals surface area (Å²) in [5, 5.41) is 1.38. The lowest BCUT2D eigenvalue weighted by Crippen LogP contribution is -2.40. The molecule has 0 aliphatic heterocycles. The molecule has 1 nitrogen and oxygen atoms in total. The van der Waals surface area contributed by atoms with E-state index in [1.54, 1.807) is 6.92 Å². The van der Waals surface area contributed by atoms with Gasteiger partial charge in [0.1, 0.15) is 0 Å². The fourth-order valence-electron chi connectivity index (χ4n) is 1.91. The van der Waals surface area contributed by atoms with E-state index in [1.807, 2.05) is 6.07 Å². The number of carbonyl (C=O) groups is 1. The van der Waals surface area contributed by atoms with E-state index in [-0.39, 0.29) is 5.78 Å². The summed E-state index contributed by atoms with van der Waals surface area (Å²) in [6.07, 6.45) is 2.27. The SMILES string of the molecule is CC(=O)c1ccc(/C=C\[Si](C)(C)C)c([Si](C)(C)C)c1. The molecule has 0 saturated carbocycles. The first kappa shape index (κ1) is 16.1. The highest BCUT2D eigenvalue weighted by molar-refractivity contribution is 6.89. The second kappa shape index (κ2) is 5.59. The van der Waals surface area contributed by atoms with Crippen LogP contribution in [0.15, 0.2) is 23.9 Å². The third kappa shape index (κ3) is 4.92. The summed E-state index contributed by atoms with van der Waals surface area (Å²) in [5.41, 5.74) is 4.51. The minimum absolute atomic E-state index is 0.153. The van der Waals surface area contributed by atoms with Gasteiger partial charge in [-0.3, -0.25) is 4.79 Å². The first-order valence-electron chi connectivity index (χ1n) is 6.85. The summed E-state index contributed by atoms with van der Waals surface area (Å²) >= 11 is 0. The first-order valence-corrected chi connectivity index (χ1v) is 13.9. The fourth-order valence-corrected chi connectivity index (χ4v) is 4.21. The number of benzene rings is 1. The lowest BCUT2D eigenvalue weighted by atomic mass is 10.1. The molecule has 0 bridgehead atoms. The van der Waals surface area contributed by atoms with Crippen LogP contribution < -0.4 is 5.19 Å². The number of hydrogen-bond acceptors (Lipinski definition) is 1. The molecule has 0 aliphatic carbocycles. The van der Waals surface area contributed by atoms with Gasteiger partial charge in [0.25, 0.3) is 0 Å². The van der Waals surface area contributed by atoms with Crippen LogP contribution in [-0.2, 0) is 0 Å². The van der Waals surface area contributed by atoms with Gasteiger partial charge >= 0.3 is 0 Å². The van der Waals surface area contributed by atoms with Gasteiger partial charge in [0, 0.05) is 5.56 Å². The van der Waals surface area contributed by atoms with Crippen LogP contribution in [0.5, 0.6) is 0 Å². The van der Waals surface area contributed by atoms with Crippen LogP contribution in [0, 0.1) is 0 Å². The lowest BCUT2D eigenvalue weighted by Gasteiger charge is -2.21. The van der Waals surface area contributed by atoms with Gasteiger partial charge < -0.3 is 0 Å². The summed E-state index contributed by atoms with van der Waals surface area (Å²) in [6, 6.07) is 6.18. The Labute approximate surface area is 119 Å². The van der Waals surface area contributed by atoms with E-state index in [2.05, 4.69) is 63.2 Å². The Kier molecular flexibility index (Phi) is 4.74. The number of ketones is 1. The molecule has 0 unspecified atom stereocenters. The largest absolute Gasteiger partial charge is 0.295 e. The smallest absolute Gasteiger partial charge is 0.159 e. The normalized spacial score (nSPS) is 13.0. The first-order chi connectivity index (χ1) is 8.50. The van der Waals surface area contributed by atoms with Gasteiger partial charge in [0.05, 0.1) is 16.1 Å². The lowest BCUT2D eigenvalue weighted by molar-refractivity contribution is 0.101. The summed E-state index contributed by atoms with van der Waals surface area (Å²) in [7, 11) is -2.63. The van der Waals surface area contributed by atoms with E-state index in [4.69, 9.17) is 0 Å². The van der Waals surface area contributed by atoms with Gasteiger partial charge in [-0.15, -0.1) is 0 Å². The molecule has 104 valence electrons. The maximum atomic E-state index is 11.6. The molecule has 0 amide bonds. The van der Waals surface area contributed by atoms with Gasteiger partial charge in [0.2, 0.25) is 0 Å². The maximum Gasteiger partial charge on any atom is 0.159 e. The molecule has 0 aromatic heterocycles. The highest BCUT2D eigenvalue weighted by Crippen LogP contribution is 2.14. The summed E-state index contributed by atoms with van der Waals surface area (Å²) in [6.45, 7) is 15.6. The highest BCUT2D eigenvalue weighted by Gasteiger charge is 2.20. The van der Waals surface area contributed by atoms with E-state index in [0.717, 1.165) is 5.56 Å². The molecule has 0 atom stereocenters. The molecule has 1 rings (SSSR count). The molecule has 0 radical (unpaired) electrons. The molecule has 3 heteroatoms. The average Bonchev–Trinajstić information content (AvgIpc) is 2.23. The predicted molar refractivity (Wildman–Crippen MR) is 91.8 cm³/mol. The van der Waals surface area contributed by atoms with E-state index < -0.39 is 16.1 Å². The molecule has 0 aliphatic rings. The van der Waals surface area contributed by atoms with Crippen LogP contribution in [0.25, 0.3) is 6.08 Å². The van der Waals surface area contributed by atoms with Crippen LogP contribution in [0.3, 0.4) is 0 Å². The number of hydrogen-bond donors (Lipinski definition) is 0. The summed E-state index contributed by atoms with van der Waals surface area (Å²) < 4.78 is 0. The standard InChI is InChI=1S/C16H26OSi2/c1-13(17)15-9-8-14(10-11-18(2,3)4)16(12-15)19(5,6)7/h8-12H,1-7H3/b11-10-. The van der Waals surface area contributed by atoms with Crippen molar-refractivity contribution in [1.29, 1.82) is 0 Å². The summed E-state index contributed by atoms with van der Waals surface area (Å²) in [5.74, 6) is 0.153. The Bertz CT molecular complexity index is 502. The second-order valence-corrected chi connectivity index (χ2v) is 17.4. The van der Waals surface area contributed by atoms with Gasteiger partial charge in [0.15, 0.2) is 5.78 Å². The zero-order chi connectivity index (χ0) is 14.8. The molecule has 0 saturated heterocycles. The van der Waals surface area contributed by atoms with Crippen LogP contribution in [0.4, 0.5) is 0 Å². The topological polar surface area (TPSA) is 17.1 Å². The van der Waals surface area contributed by atoms with Crippen LogP contribution in [0.2, 0.25) is 39.3 Å². The Morgan fingerprint density at radius 3 is 2.05 bits per heavy atom. The van der Waals surface area contributed by atoms with E-state index >= 15 is 0 Å². The van der Waals surface area contributed by atoms with Gasteiger partial charge in [-0.2, -0.15) is 0 Å². The highest BCUT2D eigenvalue weighted by atomic mass is 28.3. The van der Waals surface area contributed by atoms with E-state index in [9.17, 15) is 4.79 Å². The van der Waals surface area contributed by atoms with Crippen molar-refractivity contribution in [1.82, 2.24) is 0 Å². The Morgan fingerprint density at radius 1 is 1.05 bits per heavy atom. The Morgan fingerprint density at radius 2 is 1.63 bits per heavy atom. The van der Waals surface area contributed by atoms with Gasteiger partial charge in [-0.25, -0.2) is 0 Å². The molecular formula is C16H26OSi2. The maximum absolute atomic E-state index is 11.6. The van der Waals surface area contributed by atoms with Crippen molar-refractivity contribution < 1.29 is 4.79 Å². The zero-order valence-corrected chi connectivity index (χ0v) is 15.3. The average molecular weight is 291 g/mol.